The van der Waals surface area contributed by atoms with Gasteiger partial charge >= 0.3 is 0 Å². The van der Waals surface area contributed by atoms with E-state index >= 15 is 0 Å². The zero-order valence-electron chi connectivity index (χ0n) is 18.2. The fourth-order valence-electron chi connectivity index (χ4n) is 2.74. The SMILES string of the molecule is CCCCOCCOCCNC(=NCc1cccc(Cn2ccnc2)c1)NCC.I. The summed E-state index contributed by atoms with van der Waals surface area (Å²) in [5, 5.41) is 6.59. The first-order chi connectivity index (χ1) is 14.3. The molecule has 168 valence electrons. The first-order valence-corrected chi connectivity index (χ1v) is 10.5. The summed E-state index contributed by atoms with van der Waals surface area (Å²) < 4.78 is 13.1. The molecule has 1 heterocycles. The van der Waals surface area contributed by atoms with Crippen molar-refractivity contribution in [3.8, 4) is 0 Å². The van der Waals surface area contributed by atoms with Gasteiger partial charge in [-0.25, -0.2) is 9.98 Å². The molecule has 0 aliphatic carbocycles. The number of benzene rings is 1. The van der Waals surface area contributed by atoms with Gasteiger partial charge in [0.2, 0.25) is 0 Å². The fraction of sp³-hybridized carbons (Fsp3) is 0.545. The number of rotatable bonds is 14. The lowest BCUT2D eigenvalue weighted by Crippen LogP contribution is -2.39. The van der Waals surface area contributed by atoms with Crippen LogP contribution in [-0.4, -0.2) is 55.0 Å². The summed E-state index contributed by atoms with van der Waals surface area (Å²) in [4.78, 5) is 8.78. The van der Waals surface area contributed by atoms with Gasteiger partial charge in [0.1, 0.15) is 0 Å². The van der Waals surface area contributed by atoms with Crippen molar-refractivity contribution in [2.45, 2.75) is 39.8 Å². The predicted octanol–water partition coefficient (Wildman–Crippen LogP) is 3.44. The molecule has 0 fully saturated rings. The van der Waals surface area contributed by atoms with Gasteiger partial charge in [0.25, 0.3) is 0 Å². The van der Waals surface area contributed by atoms with Gasteiger partial charge in [-0.2, -0.15) is 0 Å². The summed E-state index contributed by atoms with van der Waals surface area (Å²) in [6.07, 6.45) is 7.86. The highest BCUT2D eigenvalue weighted by Crippen LogP contribution is 2.08. The number of ether oxygens (including phenoxy) is 2. The highest BCUT2D eigenvalue weighted by Gasteiger charge is 2.00. The lowest BCUT2D eigenvalue weighted by atomic mass is 10.1. The van der Waals surface area contributed by atoms with Crippen LogP contribution < -0.4 is 10.6 Å². The van der Waals surface area contributed by atoms with E-state index in [4.69, 9.17) is 9.47 Å². The van der Waals surface area contributed by atoms with E-state index in [-0.39, 0.29) is 24.0 Å². The maximum atomic E-state index is 5.59. The molecule has 0 aliphatic heterocycles. The minimum atomic E-state index is 0. The molecule has 0 bridgehead atoms. The Morgan fingerprint density at radius 2 is 1.87 bits per heavy atom. The second kappa shape index (κ2) is 17.1. The molecular weight excluding hydrogens is 493 g/mol. The summed E-state index contributed by atoms with van der Waals surface area (Å²) in [6, 6.07) is 8.49. The third kappa shape index (κ3) is 11.5. The molecule has 0 spiro atoms. The van der Waals surface area contributed by atoms with Crippen molar-refractivity contribution in [3.05, 3.63) is 54.1 Å². The molecule has 0 radical (unpaired) electrons. The van der Waals surface area contributed by atoms with Crippen LogP contribution in [0.15, 0.2) is 48.0 Å². The fourth-order valence-corrected chi connectivity index (χ4v) is 2.74. The van der Waals surface area contributed by atoms with Gasteiger partial charge in [-0.15, -0.1) is 24.0 Å². The van der Waals surface area contributed by atoms with Gasteiger partial charge in [-0.1, -0.05) is 37.6 Å². The lowest BCUT2D eigenvalue weighted by molar-refractivity contribution is 0.0487. The predicted molar refractivity (Wildman–Crippen MR) is 133 cm³/mol. The zero-order valence-corrected chi connectivity index (χ0v) is 20.5. The third-order valence-corrected chi connectivity index (χ3v) is 4.23. The Labute approximate surface area is 197 Å². The number of imidazole rings is 1. The molecule has 1 aromatic carbocycles. The topological polar surface area (TPSA) is 72.7 Å². The first kappa shape index (κ1) is 26.4. The van der Waals surface area contributed by atoms with Gasteiger partial charge in [-0.3, -0.25) is 0 Å². The standard InChI is InChI=1S/C22H35N5O2.HI/c1-3-5-12-28-14-15-29-13-10-25-22(24-4-2)26-17-20-7-6-8-21(16-20)18-27-11-9-23-19-27;/h6-9,11,16,19H,3-5,10,12-15,17-18H2,1-2H3,(H2,24,25,26);1H. The summed E-state index contributed by atoms with van der Waals surface area (Å²) in [7, 11) is 0. The van der Waals surface area contributed by atoms with E-state index in [1.54, 1.807) is 6.20 Å². The summed E-state index contributed by atoms with van der Waals surface area (Å²) in [5.41, 5.74) is 2.42. The van der Waals surface area contributed by atoms with Crippen molar-refractivity contribution in [1.82, 2.24) is 20.2 Å². The molecule has 0 atom stereocenters. The third-order valence-electron chi connectivity index (χ3n) is 4.23. The number of guanidine groups is 1. The molecule has 0 unspecified atom stereocenters. The van der Waals surface area contributed by atoms with Crippen LogP contribution in [0, 0.1) is 0 Å². The van der Waals surface area contributed by atoms with E-state index in [1.807, 2.05) is 12.5 Å². The highest BCUT2D eigenvalue weighted by molar-refractivity contribution is 14.0. The van der Waals surface area contributed by atoms with Gasteiger partial charge < -0.3 is 24.7 Å². The number of hydrogen-bond donors (Lipinski definition) is 2. The Bertz CT molecular complexity index is 695. The van der Waals surface area contributed by atoms with E-state index in [9.17, 15) is 0 Å². The molecule has 7 nitrogen and oxygen atoms in total. The number of nitrogens with zero attached hydrogens (tertiary/aromatic N) is 3. The second-order valence-corrected chi connectivity index (χ2v) is 6.76. The van der Waals surface area contributed by atoms with Crippen LogP contribution in [0.3, 0.4) is 0 Å². The Balaban J connectivity index is 0.00000450. The number of nitrogens with one attached hydrogen (secondary N) is 2. The Hall–Kier alpha value is -1.65. The quantitative estimate of drug-likeness (QED) is 0.170. The molecular formula is C22H36IN5O2. The number of aromatic nitrogens is 2. The second-order valence-electron chi connectivity index (χ2n) is 6.76. The van der Waals surface area contributed by atoms with Gasteiger partial charge in [0.05, 0.1) is 32.7 Å². The average molecular weight is 529 g/mol. The Kier molecular flexibility index (Phi) is 15.0. The average Bonchev–Trinajstić information content (AvgIpc) is 3.24. The van der Waals surface area contributed by atoms with Crippen LogP contribution in [0.5, 0.6) is 0 Å². The first-order valence-electron chi connectivity index (χ1n) is 10.5. The van der Waals surface area contributed by atoms with E-state index in [0.717, 1.165) is 38.5 Å². The monoisotopic (exact) mass is 529 g/mol. The molecule has 2 N–H and O–H groups in total. The lowest BCUT2D eigenvalue weighted by Gasteiger charge is -2.12. The summed E-state index contributed by atoms with van der Waals surface area (Å²) in [6.45, 7) is 9.92. The van der Waals surface area contributed by atoms with Crippen molar-refractivity contribution in [3.63, 3.8) is 0 Å². The van der Waals surface area contributed by atoms with Crippen LogP contribution in [0.4, 0.5) is 0 Å². The van der Waals surface area contributed by atoms with Crippen LogP contribution >= 0.6 is 24.0 Å². The Morgan fingerprint density at radius 3 is 2.60 bits per heavy atom. The van der Waals surface area contributed by atoms with Crippen molar-refractivity contribution in [2.75, 3.05) is 39.5 Å². The van der Waals surface area contributed by atoms with E-state index in [1.165, 1.54) is 11.1 Å². The molecule has 30 heavy (non-hydrogen) atoms. The maximum Gasteiger partial charge on any atom is 0.191 e. The molecule has 0 aliphatic rings. The summed E-state index contributed by atoms with van der Waals surface area (Å²) >= 11 is 0. The van der Waals surface area contributed by atoms with Crippen LogP contribution in [-0.2, 0) is 22.6 Å². The van der Waals surface area contributed by atoms with Gasteiger partial charge in [0.15, 0.2) is 5.96 Å². The number of hydrogen-bond acceptors (Lipinski definition) is 4. The van der Waals surface area contributed by atoms with Crippen molar-refractivity contribution >= 4 is 29.9 Å². The van der Waals surface area contributed by atoms with Crippen LogP contribution in [0.25, 0.3) is 0 Å². The molecule has 8 heteroatoms. The largest absolute Gasteiger partial charge is 0.379 e. The molecule has 0 saturated carbocycles. The zero-order chi connectivity index (χ0) is 20.6. The Morgan fingerprint density at radius 1 is 1.07 bits per heavy atom. The van der Waals surface area contributed by atoms with Gasteiger partial charge in [-0.05, 0) is 24.5 Å². The van der Waals surface area contributed by atoms with E-state index in [0.29, 0.717) is 32.9 Å². The molecule has 0 saturated heterocycles. The van der Waals surface area contributed by atoms with Crippen LogP contribution in [0.1, 0.15) is 37.8 Å². The van der Waals surface area contributed by atoms with Crippen molar-refractivity contribution in [1.29, 1.82) is 0 Å². The van der Waals surface area contributed by atoms with Crippen LogP contribution in [0.2, 0.25) is 0 Å². The molecule has 2 aromatic rings. The smallest absolute Gasteiger partial charge is 0.191 e. The van der Waals surface area contributed by atoms with Crippen molar-refractivity contribution in [2.24, 2.45) is 4.99 Å². The minimum Gasteiger partial charge on any atom is -0.379 e. The van der Waals surface area contributed by atoms with E-state index < -0.39 is 0 Å². The highest BCUT2D eigenvalue weighted by atomic mass is 127. The molecule has 1 aromatic heterocycles. The van der Waals surface area contributed by atoms with Gasteiger partial charge in [0, 0.05) is 38.6 Å². The maximum absolute atomic E-state index is 5.59. The number of unbranched alkanes of at least 4 members (excludes halogenated alkanes) is 1. The minimum absolute atomic E-state index is 0. The number of aliphatic imine (C=N–C) groups is 1. The van der Waals surface area contributed by atoms with Crippen molar-refractivity contribution < 1.29 is 9.47 Å². The molecule has 0 amide bonds. The number of halogens is 1. The molecule has 2 rings (SSSR count). The normalized spacial score (nSPS) is 11.2. The summed E-state index contributed by atoms with van der Waals surface area (Å²) in [5.74, 6) is 0.801. The van der Waals surface area contributed by atoms with E-state index in [2.05, 4.69) is 63.3 Å².